The van der Waals surface area contributed by atoms with E-state index in [-0.39, 0.29) is 42.0 Å². The van der Waals surface area contributed by atoms with Crippen LogP contribution in [0.25, 0.3) is 0 Å². The molecule has 0 radical (unpaired) electrons. The molecule has 0 heterocycles. The maximum atomic E-state index is 13.7. The Balaban J connectivity index is 4.55. The lowest BCUT2D eigenvalue weighted by atomic mass is 9.78. The number of hydrogen-bond acceptors (Lipinski definition) is 6. The van der Waals surface area contributed by atoms with E-state index in [2.05, 4.69) is 72.9 Å². The third kappa shape index (κ3) is 16.4. The molecule has 0 saturated heterocycles. The summed E-state index contributed by atoms with van der Waals surface area (Å²) in [5.41, 5.74) is -1.91. The van der Waals surface area contributed by atoms with Gasteiger partial charge < -0.3 is 29.7 Å². The highest BCUT2D eigenvalue weighted by Gasteiger charge is 2.40. The molecule has 0 rings (SSSR count). The van der Waals surface area contributed by atoms with E-state index in [4.69, 9.17) is 14.2 Å². The monoisotopic (exact) mass is 585 g/mol. The predicted octanol–water partition coefficient (Wildman–Crippen LogP) is 5.94. The van der Waals surface area contributed by atoms with Crippen LogP contribution in [0.3, 0.4) is 0 Å². The summed E-state index contributed by atoms with van der Waals surface area (Å²) in [5.74, 6) is 0.0506. The number of carbonyl (C=O) groups excluding carboxylic acids is 3. The average Bonchev–Trinajstić information content (AvgIpc) is 2.77. The van der Waals surface area contributed by atoms with Crippen molar-refractivity contribution in [3.63, 3.8) is 0 Å². The fourth-order valence-electron chi connectivity index (χ4n) is 4.28. The summed E-state index contributed by atoms with van der Waals surface area (Å²) in [7, 11) is 0. The lowest BCUT2D eigenvalue weighted by Gasteiger charge is -2.46. The molecule has 0 aliphatic carbocycles. The Kier molecular flexibility index (Phi) is 15.4. The second kappa shape index (κ2) is 16.1. The third-order valence-corrected chi connectivity index (χ3v) is 6.85. The van der Waals surface area contributed by atoms with Gasteiger partial charge >= 0.3 is 6.09 Å². The van der Waals surface area contributed by atoms with E-state index in [1.54, 1.807) is 20.8 Å². The van der Waals surface area contributed by atoms with Gasteiger partial charge in [-0.1, -0.05) is 34.6 Å². The number of hydrogen-bond donors (Lipinski definition) is 2. The molecule has 41 heavy (non-hydrogen) atoms. The molecule has 3 amide bonds. The maximum Gasteiger partial charge on any atom is 0.407 e. The van der Waals surface area contributed by atoms with Crippen molar-refractivity contribution in [2.24, 2.45) is 16.2 Å². The highest BCUT2D eigenvalue weighted by atomic mass is 16.6. The Morgan fingerprint density at radius 1 is 0.683 bits per heavy atom. The Morgan fingerprint density at radius 2 is 1.22 bits per heavy atom. The van der Waals surface area contributed by atoms with E-state index in [0.717, 1.165) is 12.8 Å². The van der Waals surface area contributed by atoms with Gasteiger partial charge in [0.25, 0.3) is 0 Å². The normalized spacial score (nSPS) is 13.2. The van der Waals surface area contributed by atoms with Crippen molar-refractivity contribution >= 4 is 17.9 Å². The van der Waals surface area contributed by atoms with Gasteiger partial charge in [0.05, 0.1) is 25.2 Å². The molecule has 0 bridgehead atoms. The number of nitrogens with zero attached hydrogens (tertiary/aromatic N) is 1. The average molecular weight is 586 g/mol. The molecular formula is C32H63N3O6. The molecule has 0 unspecified atom stereocenters. The molecule has 0 fully saturated rings. The number of alkyl carbamates (subject to hydrolysis) is 1. The maximum absolute atomic E-state index is 13.7. The Labute approximate surface area is 251 Å². The van der Waals surface area contributed by atoms with E-state index >= 15 is 0 Å². The molecule has 9 heteroatoms. The first-order chi connectivity index (χ1) is 18.4. The van der Waals surface area contributed by atoms with Gasteiger partial charge in [-0.2, -0.15) is 0 Å². The molecule has 0 aromatic carbocycles. The second-order valence-electron chi connectivity index (χ2n) is 15.5. The Morgan fingerprint density at radius 3 is 1.73 bits per heavy atom. The van der Waals surface area contributed by atoms with Crippen molar-refractivity contribution in [2.45, 2.75) is 133 Å². The molecule has 2 N–H and O–H groups in total. The third-order valence-electron chi connectivity index (χ3n) is 6.85. The van der Waals surface area contributed by atoms with Crippen molar-refractivity contribution in [1.82, 2.24) is 15.5 Å². The molecule has 0 saturated carbocycles. The number of rotatable bonds is 17. The van der Waals surface area contributed by atoms with Crippen LogP contribution < -0.4 is 10.6 Å². The van der Waals surface area contributed by atoms with Gasteiger partial charge in [-0.15, -0.1) is 0 Å². The molecule has 0 aliphatic heterocycles. The fraction of sp³-hybridized carbons (Fsp3) is 0.906. The quantitative estimate of drug-likeness (QED) is 0.205. The highest BCUT2D eigenvalue weighted by Crippen LogP contribution is 2.35. The van der Waals surface area contributed by atoms with Crippen LogP contribution in [0.5, 0.6) is 0 Å². The van der Waals surface area contributed by atoms with Crippen LogP contribution >= 0.6 is 0 Å². The predicted molar refractivity (Wildman–Crippen MR) is 166 cm³/mol. The van der Waals surface area contributed by atoms with Crippen LogP contribution in [0.4, 0.5) is 4.79 Å². The fourth-order valence-corrected chi connectivity index (χ4v) is 4.28. The molecule has 0 aromatic heterocycles. The van der Waals surface area contributed by atoms with Crippen molar-refractivity contribution in [2.75, 3.05) is 39.5 Å². The van der Waals surface area contributed by atoms with Crippen LogP contribution in [-0.4, -0.2) is 79.5 Å². The zero-order valence-electron chi connectivity index (χ0n) is 28.8. The molecule has 0 aromatic rings. The van der Waals surface area contributed by atoms with Gasteiger partial charge in [-0.3, -0.25) is 9.59 Å². The lowest BCUT2D eigenvalue weighted by molar-refractivity contribution is -0.150. The number of nitrogens with one attached hydrogen (secondary N) is 2. The molecule has 0 atom stereocenters. The number of carbonyl (C=O) groups is 3. The van der Waals surface area contributed by atoms with Crippen molar-refractivity contribution in [3.8, 4) is 0 Å². The van der Waals surface area contributed by atoms with Gasteiger partial charge in [0.1, 0.15) is 5.60 Å². The van der Waals surface area contributed by atoms with Crippen LogP contribution in [-0.2, 0) is 23.8 Å². The van der Waals surface area contributed by atoms with Crippen molar-refractivity contribution in [1.29, 1.82) is 0 Å². The summed E-state index contributed by atoms with van der Waals surface area (Å²) < 4.78 is 16.6. The first-order valence-corrected chi connectivity index (χ1v) is 15.2. The number of amides is 3. The van der Waals surface area contributed by atoms with Gasteiger partial charge in [-0.05, 0) is 87.0 Å². The van der Waals surface area contributed by atoms with E-state index < -0.39 is 22.5 Å². The molecular weight excluding hydrogens is 522 g/mol. The van der Waals surface area contributed by atoms with E-state index in [0.29, 0.717) is 32.7 Å². The topological polar surface area (TPSA) is 106 Å². The Hall–Kier alpha value is -1.87. The van der Waals surface area contributed by atoms with Crippen LogP contribution in [0, 0.1) is 16.2 Å². The summed E-state index contributed by atoms with van der Waals surface area (Å²) in [4.78, 5) is 40.0. The minimum absolute atomic E-state index is 0.0724. The van der Waals surface area contributed by atoms with Gasteiger partial charge in [0.2, 0.25) is 11.8 Å². The minimum Gasteiger partial charge on any atom is -0.444 e. The van der Waals surface area contributed by atoms with Gasteiger partial charge in [0.15, 0.2) is 0 Å². The van der Waals surface area contributed by atoms with Crippen molar-refractivity contribution < 1.29 is 28.6 Å². The second-order valence-corrected chi connectivity index (χ2v) is 15.5. The van der Waals surface area contributed by atoms with E-state index in [9.17, 15) is 14.4 Å². The summed E-state index contributed by atoms with van der Waals surface area (Å²) in [6.07, 6.45) is 2.03. The number of ether oxygens (including phenoxy) is 3. The SMILES string of the molecule is CC(C)N(C(=O)C(C)(C)CCC(C)(C)C)C(C)(C)CCOCCNC(=O)C(C)(C)COCCNC(=O)OC(C)(C)C. The first-order valence-electron chi connectivity index (χ1n) is 15.2. The van der Waals surface area contributed by atoms with E-state index in [1.807, 2.05) is 18.7 Å². The zero-order chi connectivity index (χ0) is 32.3. The highest BCUT2D eigenvalue weighted by molar-refractivity contribution is 5.83. The summed E-state index contributed by atoms with van der Waals surface area (Å²) in [5, 5.41) is 5.54. The largest absolute Gasteiger partial charge is 0.444 e. The van der Waals surface area contributed by atoms with Gasteiger partial charge in [0, 0.05) is 36.7 Å². The molecule has 242 valence electrons. The molecule has 0 aliphatic rings. The lowest BCUT2D eigenvalue weighted by Crippen LogP contribution is -2.56. The standard InChI is InChI=1S/C32H63N3O6/c1-24(2)35(26(37)30(9,10)16-15-28(3,4)5)32(13,14)17-20-39-21-18-33-25(36)31(11,12)23-40-22-19-34-27(38)41-29(6,7)8/h24H,15-23H2,1-14H3,(H,33,36)(H,34,38). The smallest absolute Gasteiger partial charge is 0.407 e. The van der Waals surface area contributed by atoms with Crippen LogP contribution in [0.1, 0.15) is 116 Å². The first kappa shape index (κ1) is 39.1. The summed E-state index contributed by atoms with van der Waals surface area (Å²) in [6.45, 7) is 30.1. The molecule has 0 spiro atoms. The molecule has 9 nitrogen and oxygen atoms in total. The van der Waals surface area contributed by atoms with Crippen molar-refractivity contribution in [3.05, 3.63) is 0 Å². The van der Waals surface area contributed by atoms with Gasteiger partial charge in [-0.25, -0.2) is 4.79 Å². The zero-order valence-corrected chi connectivity index (χ0v) is 28.8. The summed E-state index contributed by atoms with van der Waals surface area (Å²) >= 11 is 0. The minimum atomic E-state index is -0.730. The van der Waals surface area contributed by atoms with Crippen LogP contribution in [0.2, 0.25) is 0 Å². The van der Waals surface area contributed by atoms with E-state index in [1.165, 1.54) is 0 Å². The summed E-state index contributed by atoms with van der Waals surface area (Å²) in [6, 6.07) is 0.0724. The Bertz CT molecular complexity index is 822. The van der Waals surface area contributed by atoms with Crippen LogP contribution in [0.15, 0.2) is 0 Å².